The van der Waals surface area contributed by atoms with Gasteiger partial charge in [-0.15, -0.1) is 0 Å². The van der Waals surface area contributed by atoms with Gasteiger partial charge >= 0.3 is 0 Å². The van der Waals surface area contributed by atoms with Gasteiger partial charge in [-0.2, -0.15) is 0 Å². The summed E-state index contributed by atoms with van der Waals surface area (Å²) in [7, 11) is 0. The number of rotatable bonds is 3. The number of hydrogen-bond acceptors (Lipinski definition) is 2. The third-order valence-corrected chi connectivity index (χ3v) is 6.42. The van der Waals surface area contributed by atoms with Crippen LogP contribution in [0.25, 0.3) is 0 Å². The number of nitrogens with zero attached hydrogens (tertiary/aromatic N) is 1. The molecule has 2 heterocycles. The van der Waals surface area contributed by atoms with Gasteiger partial charge in [0.25, 0.3) is 0 Å². The molecule has 0 unspecified atom stereocenters. The summed E-state index contributed by atoms with van der Waals surface area (Å²) in [5, 5.41) is 3.47. The van der Waals surface area contributed by atoms with Crippen molar-refractivity contribution in [1.29, 1.82) is 0 Å². The highest BCUT2D eigenvalue weighted by atomic mass is 16.2. The average Bonchev–Trinajstić information content (AvgIpc) is 3.12. The minimum absolute atomic E-state index is 0.0261. The molecule has 1 amide bonds. The molecule has 2 aromatic rings. The van der Waals surface area contributed by atoms with Crippen molar-refractivity contribution >= 4 is 5.91 Å². The zero-order valence-electron chi connectivity index (χ0n) is 15.5. The van der Waals surface area contributed by atoms with Crippen molar-refractivity contribution in [3.8, 4) is 0 Å². The number of nitrogens with one attached hydrogen (secondary N) is 1. The molecule has 0 aliphatic carbocycles. The molecule has 0 spiro atoms. The van der Waals surface area contributed by atoms with Crippen LogP contribution in [-0.2, 0) is 10.2 Å². The Balaban J connectivity index is 1.45. The standard InChI is InChI=1S/C23H28N2O/c1-23(20-10-6-3-7-11-20)17-24-16-21(23)22(26)25-14-12-19(13-15-25)18-8-4-2-5-9-18/h2-11,19,21,24H,12-17H2,1H3/t21-,23-/m0/s1. The van der Waals surface area contributed by atoms with Crippen LogP contribution in [0.15, 0.2) is 60.7 Å². The van der Waals surface area contributed by atoms with E-state index in [2.05, 4.69) is 71.7 Å². The van der Waals surface area contributed by atoms with Gasteiger partial charge in [-0.25, -0.2) is 0 Å². The summed E-state index contributed by atoms with van der Waals surface area (Å²) in [6.07, 6.45) is 2.13. The van der Waals surface area contributed by atoms with Crippen LogP contribution in [0.4, 0.5) is 0 Å². The highest BCUT2D eigenvalue weighted by Crippen LogP contribution is 2.37. The van der Waals surface area contributed by atoms with Crippen LogP contribution in [-0.4, -0.2) is 37.0 Å². The topological polar surface area (TPSA) is 32.3 Å². The van der Waals surface area contributed by atoms with E-state index in [0.717, 1.165) is 39.0 Å². The summed E-state index contributed by atoms with van der Waals surface area (Å²) < 4.78 is 0. The van der Waals surface area contributed by atoms with Crippen LogP contribution in [0.2, 0.25) is 0 Å². The molecule has 1 N–H and O–H groups in total. The summed E-state index contributed by atoms with van der Waals surface area (Å²) in [5.74, 6) is 0.938. The van der Waals surface area contributed by atoms with Gasteiger partial charge in [0.1, 0.15) is 0 Å². The van der Waals surface area contributed by atoms with E-state index in [4.69, 9.17) is 0 Å². The molecule has 3 heteroatoms. The summed E-state index contributed by atoms with van der Waals surface area (Å²) in [5.41, 5.74) is 2.56. The van der Waals surface area contributed by atoms with Crippen molar-refractivity contribution < 1.29 is 4.79 Å². The summed E-state index contributed by atoms with van der Waals surface area (Å²) in [6, 6.07) is 21.2. The van der Waals surface area contributed by atoms with Crippen molar-refractivity contribution in [2.75, 3.05) is 26.2 Å². The van der Waals surface area contributed by atoms with Crippen molar-refractivity contribution in [3.63, 3.8) is 0 Å². The molecule has 136 valence electrons. The van der Waals surface area contributed by atoms with Gasteiger partial charge in [0.05, 0.1) is 5.92 Å². The Bertz CT molecular complexity index is 737. The molecule has 0 radical (unpaired) electrons. The van der Waals surface area contributed by atoms with E-state index in [9.17, 15) is 4.79 Å². The number of hydrogen-bond donors (Lipinski definition) is 1. The van der Waals surface area contributed by atoms with Crippen LogP contribution < -0.4 is 5.32 Å². The molecule has 2 aliphatic heterocycles. The van der Waals surface area contributed by atoms with Crippen LogP contribution >= 0.6 is 0 Å². The number of carbonyl (C=O) groups excluding carboxylic acids is 1. The maximum absolute atomic E-state index is 13.3. The van der Waals surface area contributed by atoms with Crippen molar-refractivity contribution in [3.05, 3.63) is 71.8 Å². The van der Waals surface area contributed by atoms with E-state index in [1.165, 1.54) is 11.1 Å². The van der Waals surface area contributed by atoms with Gasteiger partial charge < -0.3 is 10.2 Å². The smallest absolute Gasteiger partial charge is 0.227 e. The third-order valence-electron chi connectivity index (χ3n) is 6.42. The van der Waals surface area contributed by atoms with E-state index in [0.29, 0.717) is 11.8 Å². The fraction of sp³-hybridized carbons (Fsp3) is 0.435. The van der Waals surface area contributed by atoms with Crippen molar-refractivity contribution in [1.82, 2.24) is 10.2 Å². The van der Waals surface area contributed by atoms with Gasteiger partial charge in [-0.3, -0.25) is 4.79 Å². The lowest BCUT2D eigenvalue weighted by molar-refractivity contribution is -0.137. The summed E-state index contributed by atoms with van der Waals surface area (Å²) >= 11 is 0. The van der Waals surface area contributed by atoms with Crippen molar-refractivity contribution in [2.45, 2.75) is 31.1 Å². The molecule has 2 fully saturated rings. The zero-order chi connectivity index (χ0) is 18.0. The molecule has 0 bridgehead atoms. The lowest BCUT2D eigenvalue weighted by atomic mass is 9.73. The Morgan fingerprint density at radius 3 is 2.27 bits per heavy atom. The Kier molecular flexibility index (Phi) is 4.82. The number of carbonyl (C=O) groups is 1. The maximum atomic E-state index is 13.3. The Morgan fingerprint density at radius 1 is 1.00 bits per heavy atom. The second kappa shape index (κ2) is 7.24. The fourth-order valence-corrected chi connectivity index (χ4v) is 4.69. The molecule has 2 aromatic carbocycles. The molecule has 2 atom stereocenters. The highest BCUT2D eigenvalue weighted by molar-refractivity contribution is 5.81. The SMILES string of the molecule is C[C@@]1(c2ccccc2)CNC[C@H]1C(=O)N1CCC(c2ccccc2)CC1. The molecular weight excluding hydrogens is 320 g/mol. The first-order valence-electron chi connectivity index (χ1n) is 9.78. The van der Waals surface area contributed by atoms with Gasteiger partial charge in [0, 0.05) is 31.6 Å². The molecule has 26 heavy (non-hydrogen) atoms. The Morgan fingerprint density at radius 2 is 1.62 bits per heavy atom. The van der Waals surface area contributed by atoms with E-state index in [1.807, 2.05) is 6.07 Å². The molecule has 4 rings (SSSR count). The first kappa shape index (κ1) is 17.3. The van der Waals surface area contributed by atoms with Gasteiger partial charge in [0.2, 0.25) is 5.91 Å². The largest absolute Gasteiger partial charge is 0.342 e. The average molecular weight is 348 g/mol. The number of amides is 1. The van der Waals surface area contributed by atoms with Gasteiger partial charge in [-0.1, -0.05) is 67.6 Å². The van der Waals surface area contributed by atoms with Gasteiger partial charge in [0.15, 0.2) is 0 Å². The third kappa shape index (κ3) is 3.16. The van der Waals surface area contributed by atoms with Crippen LogP contribution in [0, 0.1) is 5.92 Å². The molecule has 2 saturated heterocycles. The zero-order valence-corrected chi connectivity index (χ0v) is 15.5. The number of benzene rings is 2. The number of piperidine rings is 1. The minimum Gasteiger partial charge on any atom is -0.342 e. The van der Waals surface area contributed by atoms with Crippen LogP contribution in [0.5, 0.6) is 0 Å². The predicted molar refractivity (Wildman–Crippen MR) is 105 cm³/mol. The first-order valence-corrected chi connectivity index (χ1v) is 9.78. The Labute approximate surface area is 156 Å². The molecular formula is C23H28N2O. The molecule has 3 nitrogen and oxygen atoms in total. The van der Waals surface area contributed by atoms with E-state index < -0.39 is 0 Å². The van der Waals surface area contributed by atoms with E-state index >= 15 is 0 Å². The van der Waals surface area contributed by atoms with Crippen LogP contribution in [0.1, 0.15) is 36.8 Å². The van der Waals surface area contributed by atoms with E-state index in [-0.39, 0.29) is 11.3 Å². The molecule has 0 aromatic heterocycles. The maximum Gasteiger partial charge on any atom is 0.227 e. The second-order valence-corrected chi connectivity index (χ2v) is 7.98. The lowest BCUT2D eigenvalue weighted by Crippen LogP contribution is -2.47. The highest BCUT2D eigenvalue weighted by Gasteiger charge is 2.46. The second-order valence-electron chi connectivity index (χ2n) is 7.98. The monoisotopic (exact) mass is 348 g/mol. The summed E-state index contributed by atoms with van der Waals surface area (Å²) in [6.45, 7) is 5.64. The number of likely N-dealkylation sites (tertiary alicyclic amines) is 1. The van der Waals surface area contributed by atoms with Gasteiger partial charge in [-0.05, 0) is 29.9 Å². The lowest BCUT2D eigenvalue weighted by Gasteiger charge is -2.38. The molecule has 0 saturated carbocycles. The predicted octanol–water partition coefficient (Wildman–Crippen LogP) is 3.57. The first-order chi connectivity index (χ1) is 12.7. The fourth-order valence-electron chi connectivity index (χ4n) is 4.69. The summed E-state index contributed by atoms with van der Waals surface area (Å²) in [4.78, 5) is 15.4. The normalized spacial score (nSPS) is 26.8. The van der Waals surface area contributed by atoms with Crippen LogP contribution in [0.3, 0.4) is 0 Å². The quantitative estimate of drug-likeness (QED) is 0.920. The van der Waals surface area contributed by atoms with Crippen molar-refractivity contribution in [2.24, 2.45) is 5.92 Å². The van der Waals surface area contributed by atoms with E-state index in [1.54, 1.807) is 0 Å². The Hall–Kier alpha value is -2.13. The molecule has 2 aliphatic rings. The minimum atomic E-state index is -0.116.